The Balaban J connectivity index is 1.52. The SMILES string of the molecule is CCn1c2ccccc2c2cc(NC(=O)[C@H](C)Oc3ccc(C(C)(C)C)cc3)ccc21. The van der Waals surface area contributed by atoms with Crippen molar-refractivity contribution >= 4 is 33.4 Å². The number of para-hydroxylation sites is 1. The molecule has 31 heavy (non-hydrogen) atoms. The fourth-order valence-corrected chi connectivity index (χ4v) is 4.01. The molecule has 160 valence electrons. The summed E-state index contributed by atoms with van der Waals surface area (Å²) in [6.07, 6.45) is -0.604. The van der Waals surface area contributed by atoms with Crippen molar-refractivity contribution in [3.8, 4) is 5.75 Å². The van der Waals surface area contributed by atoms with Gasteiger partial charge in [-0.1, -0.05) is 51.1 Å². The Labute approximate surface area is 183 Å². The maximum absolute atomic E-state index is 12.8. The minimum Gasteiger partial charge on any atom is -0.481 e. The van der Waals surface area contributed by atoms with Gasteiger partial charge in [0.25, 0.3) is 5.91 Å². The molecule has 1 N–H and O–H groups in total. The lowest BCUT2D eigenvalue weighted by molar-refractivity contribution is -0.122. The van der Waals surface area contributed by atoms with Gasteiger partial charge in [0.05, 0.1) is 0 Å². The van der Waals surface area contributed by atoms with E-state index in [0.29, 0.717) is 5.75 Å². The summed E-state index contributed by atoms with van der Waals surface area (Å²) in [7, 11) is 0. The summed E-state index contributed by atoms with van der Waals surface area (Å²) in [6.45, 7) is 11.3. The number of aromatic nitrogens is 1. The van der Waals surface area contributed by atoms with Crippen molar-refractivity contribution in [1.82, 2.24) is 4.57 Å². The van der Waals surface area contributed by atoms with Crippen LogP contribution >= 0.6 is 0 Å². The number of hydrogen-bond donors (Lipinski definition) is 1. The van der Waals surface area contributed by atoms with Gasteiger partial charge >= 0.3 is 0 Å². The van der Waals surface area contributed by atoms with Gasteiger partial charge in [0.15, 0.2) is 6.10 Å². The molecule has 0 radical (unpaired) electrons. The average molecular weight is 415 g/mol. The zero-order chi connectivity index (χ0) is 22.2. The largest absolute Gasteiger partial charge is 0.481 e. The van der Waals surface area contributed by atoms with Gasteiger partial charge in [-0.2, -0.15) is 0 Å². The number of nitrogens with zero attached hydrogens (tertiary/aromatic N) is 1. The van der Waals surface area contributed by atoms with Crippen molar-refractivity contribution in [1.29, 1.82) is 0 Å². The summed E-state index contributed by atoms with van der Waals surface area (Å²) in [5, 5.41) is 5.34. The van der Waals surface area contributed by atoms with Gasteiger partial charge in [-0.15, -0.1) is 0 Å². The van der Waals surface area contributed by atoms with Gasteiger partial charge in [-0.3, -0.25) is 4.79 Å². The molecule has 0 aliphatic rings. The van der Waals surface area contributed by atoms with E-state index in [1.54, 1.807) is 6.92 Å². The van der Waals surface area contributed by atoms with Crippen molar-refractivity contribution in [3.05, 3.63) is 72.3 Å². The molecule has 4 rings (SSSR count). The van der Waals surface area contributed by atoms with Gasteiger partial charge in [-0.25, -0.2) is 0 Å². The predicted octanol–water partition coefficient (Wildman–Crippen LogP) is 6.52. The van der Waals surface area contributed by atoms with E-state index < -0.39 is 6.10 Å². The Morgan fingerprint density at radius 2 is 1.65 bits per heavy atom. The molecular formula is C27H30N2O2. The van der Waals surface area contributed by atoms with Crippen LogP contribution in [0.1, 0.15) is 40.2 Å². The summed E-state index contributed by atoms with van der Waals surface area (Å²) in [5.74, 6) is 0.524. The molecule has 0 saturated carbocycles. The van der Waals surface area contributed by atoms with Gasteiger partial charge in [-0.05, 0) is 61.2 Å². The minimum absolute atomic E-state index is 0.0844. The Morgan fingerprint density at radius 3 is 2.32 bits per heavy atom. The molecule has 0 spiro atoms. The molecule has 3 aromatic carbocycles. The molecule has 1 atom stereocenters. The normalized spacial score (nSPS) is 12.8. The van der Waals surface area contributed by atoms with Crippen LogP contribution in [0.3, 0.4) is 0 Å². The van der Waals surface area contributed by atoms with Crippen molar-refractivity contribution < 1.29 is 9.53 Å². The maximum atomic E-state index is 12.8. The van der Waals surface area contributed by atoms with E-state index >= 15 is 0 Å². The molecule has 0 bridgehead atoms. The first-order valence-corrected chi connectivity index (χ1v) is 10.9. The van der Waals surface area contributed by atoms with Crippen LogP contribution in [0.5, 0.6) is 5.75 Å². The molecule has 1 aromatic heterocycles. The van der Waals surface area contributed by atoms with E-state index in [0.717, 1.165) is 17.6 Å². The second-order valence-electron chi connectivity index (χ2n) is 9.02. The molecule has 0 aliphatic carbocycles. The van der Waals surface area contributed by atoms with Gasteiger partial charge in [0, 0.05) is 34.0 Å². The number of benzene rings is 3. The van der Waals surface area contributed by atoms with Crippen LogP contribution in [0.25, 0.3) is 21.8 Å². The standard InChI is InChI=1S/C27H30N2O2/c1-6-29-24-10-8-7-9-22(24)23-17-20(13-16-25(23)29)28-26(30)18(2)31-21-14-11-19(12-15-21)27(3,4)5/h7-18H,6H2,1-5H3,(H,28,30)/t18-/m0/s1. The van der Waals surface area contributed by atoms with E-state index in [1.807, 2.05) is 30.3 Å². The number of hydrogen-bond acceptors (Lipinski definition) is 2. The van der Waals surface area contributed by atoms with E-state index in [4.69, 9.17) is 4.74 Å². The van der Waals surface area contributed by atoms with Crippen LogP contribution in [0.2, 0.25) is 0 Å². The van der Waals surface area contributed by atoms with Crippen LogP contribution in [0.15, 0.2) is 66.7 Å². The van der Waals surface area contributed by atoms with Crippen molar-refractivity contribution in [2.45, 2.75) is 52.7 Å². The molecule has 0 aliphatic heterocycles. The molecule has 4 heteroatoms. The van der Waals surface area contributed by atoms with Crippen LogP contribution in [0, 0.1) is 0 Å². The highest BCUT2D eigenvalue weighted by atomic mass is 16.5. The van der Waals surface area contributed by atoms with Crippen LogP contribution < -0.4 is 10.1 Å². The van der Waals surface area contributed by atoms with E-state index in [2.05, 4.69) is 74.0 Å². The van der Waals surface area contributed by atoms with Crippen LogP contribution in [0.4, 0.5) is 5.69 Å². The highest BCUT2D eigenvalue weighted by Crippen LogP contribution is 2.31. The molecule has 4 nitrogen and oxygen atoms in total. The molecule has 4 aromatic rings. The Kier molecular flexibility index (Phi) is 5.48. The first-order valence-electron chi connectivity index (χ1n) is 10.9. The number of nitrogens with one attached hydrogen (secondary N) is 1. The van der Waals surface area contributed by atoms with E-state index in [1.165, 1.54) is 22.0 Å². The number of anilines is 1. The molecule has 0 fully saturated rings. The average Bonchev–Trinajstić information content (AvgIpc) is 3.06. The molecule has 1 heterocycles. The number of rotatable bonds is 5. The number of fused-ring (bicyclic) bond motifs is 3. The van der Waals surface area contributed by atoms with Gasteiger partial charge < -0.3 is 14.6 Å². The lowest BCUT2D eigenvalue weighted by atomic mass is 9.87. The lowest BCUT2D eigenvalue weighted by Gasteiger charge is -2.20. The van der Waals surface area contributed by atoms with Crippen molar-refractivity contribution in [2.75, 3.05) is 5.32 Å². The monoisotopic (exact) mass is 414 g/mol. The summed E-state index contributed by atoms with van der Waals surface area (Å²) < 4.78 is 8.17. The number of carbonyl (C=O) groups excluding carboxylic acids is 1. The summed E-state index contributed by atoms with van der Waals surface area (Å²) in [4.78, 5) is 12.8. The van der Waals surface area contributed by atoms with Gasteiger partial charge in [0.1, 0.15) is 5.75 Å². The highest BCUT2D eigenvalue weighted by Gasteiger charge is 2.18. The lowest BCUT2D eigenvalue weighted by Crippen LogP contribution is -2.30. The second kappa shape index (κ2) is 8.10. The molecule has 1 amide bonds. The summed E-state index contributed by atoms with van der Waals surface area (Å²) >= 11 is 0. The number of carbonyl (C=O) groups is 1. The number of ether oxygens (including phenoxy) is 1. The summed E-state index contributed by atoms with van der Waals surface area (Å²) in [5.41, 5.74) is 4.47. The fraction of sp³-hybridized carbons (Fsp3) is 0.296. The molecule has 0 saturated heterocycles. The molecule has 0 unspecified atom stereocenters. The zero-order valence-electron chi connectivity index (χ0n) is 18.9. The molecular weight excluding hydrogens is 384 g/mol. The van der Waals surface area contributed by atoms with Crippen molar-refractivity contribution in [3.63, 3.8) is 0 Å². The number of amides is 1. The third-order valence-corrected chi connectivity index (χ3v) is 5.76. The topological polar surface area (TPSA) is 43.3 Å². The Hall–Kier alpha value is -3.27. The van der Waals surface area contributed by atoms with Crippen molar-refractivity contribution in [2.24, 2.45) is 0 Å². The first kappa shape index (κ1) is 21.0. The Morgan fingerprint density at radius 1 is 0.968 bits per heavy atom. The summed E-state index contributed by atoms with van der Waals surface area (Å²) in [6, 6.07) is 22.4. The smallest absolute Gasteiger partial charge is 0.265 e. The Bertz CT molecular complexity index is 1230. The maximum Gasteiger partial charge on any atom is 0.265 e. The van der Waals surface area contributed by atoms with Crippen LogP contribution in [-0.2, 0) is 16.8 Å². The van der Waals surface area contributed by atoms with E-state index in [-0.39, 0.29) is 11.3 Å². The fourth-order valence-electron chi connectivity index (χ4n) is 4.01. The minimum atomic E-state index is -0.604. The van der Waals surface area contributed by atoms with Crippen LogP contribution in [-0.4, -0.2) is 16.6 Å². The number of aryl methyl sites for hydroxylation is 1. The zero-order valence-corrected chi connectivity index (χ0v) is 18.9. The quantitative estimate of drug-likeness (QED) is 0.404. The predicted molar refractivity (Wildman–Crippen MR) is 129 cm³/mol. The van der Waals surface area contributed by atoms with E-state index in [9.17, 15) is 4.79 Å². The third kappa shape index (κ3) is 4.15. The third-order valence-electron chi connectivity index (χ3n) is 5.76. The first-order chi connectivity index (χ1) is 14.8. The highest BCUT2D eigenvalue weighted by molar-refractivity contribution is 6.10. The second-order valence-corrected chi connectivity index (χ2v) is 9.02. The van der Waals surface area contributed by atoms with Gasteiger partial charge in [0.2, 0.25) is 0 Å².